The van der Waals surface area contributed by atoms with Crippen molar-refractivity contribution in [3.8, 4) is 0 Å². The first-order valence-corrected chi connectivity index (χ1v) is 5.82. The van der Waals surface area contributed by atoms with Crippen molar-refractivity contribution < 1.29 is 4.74 Å². The molecule has 0 aliphatic carbocycles. The number of rotatable bonds is 5. The quantitative estimate of drug-likeness (QED) is 0.812. The molecule has 2 atom stereocenters. The minimum absolute atomic E-state index is 0.400. The van der Waals surface area contributed by atoms with E-state index in [1.165, 1.54) is 10.4 Å². The first-order chi connectivity index (χ1) is 6.65. The van der Waals surface area contributed by atoms with Gasteiger partial charge in [-0.05, 0) is 37.8 Å². The van der Waals surface area contributed by atoms with E-state index >= 15 is 0 Å². The largest absolute Gasteiger partial charge is 0.383 e. The van der Waals surface area contributed by atoms with Gasteiger partial charge in [-0.1, -0.05) is 0 Å². The number of nitrogens with one attached hydrogen (secondary N) is 1. The molecule has 80 valence electrons. The molecule has 1 aromatic heterocycles. The Labute approximate surface area is 90.3 Å². The molecule has 0 bridgehead atoms. The number of hydrogen-bond acceptors (Lipinski definition) is 3. The summed E-state index contributed by atoms with van der Waals surface area (Å²) in [6.07, 6.45) is 0. The predicted octanol–water partition coefficient (Wildman–Crippen LogP) is 2.74. The van der Waals surface area contributed by atoms with Crippen molar-refractivity contribution in [2.75, 3.05) is 13.7 Å². The second kappa shape index (κ2) is 5.49. The van der Waals surface area contributed by atoms with Crippen molar-refractivity contribution in [2.45, 2.75) is 32.9 Å². The zero-order valence-corrected chi connectivity index (χ0v) is 10.1. The van der Waals surface area contributed by atoms with E-state index in [1.54, 1.807) is 7.11 Å². The minimum Gasteiger partial charge on any atom is -0.383 e. The third kappa shape index (κ3) is 3.08. The Kier molecular flexibility index (Phi) is 4.58. The van der Waals surface area contributed by atoms with Gasteiger partial charge in [0.25, 0.3) is 0 Å². The highest BCUT2D eigenvalue weighted by Gasteiger charge is 2.11. The van der Waals surface area contributed by atoms with Gasteiger partial charge >= 0.3 is 0 Å². The van der Waals surface area contributed by atoms with Crippen molar-refractivity contribution >= 4 is 11.3 Å². The fraction of sp³-hybridized carbons (Fsp3) is 0.636. The average Bonchev–Trinajstić information content (AvgIpc) is 2.51. The first-order valence-electron chi connectivity index (χ1n) is 4.94. The Hall–Kier alpha value is -0.380. The molecule has 14 heavy (non-hydrogen) atoms. The number of ether oxygens (including phenoxy) is 1. The smallest absolute Gasteiger partial charge is 0.0613 e. The standard InChI is InChI=1S/C11H19NOS/c1-8-5-6-14-11(8)10(3)12-9(2)7-13-4/h5-6,9-10,12H,7H2,1-4H3/t9-,10-/m0/s1. The summed E-state index contributed by atoms with van der Waals surface area (Å²) in [6.45, 7) is 7.26. The maximum atomic E-state index is 5.09. The van der Waals surface area contributed by atoms with Gasteiger partial charge in [0, 0.05) is 24.1 Å². The Morgan fingerprint density at radius 2 is 2.21 bits per heavy atom. The summed E-state index contributed by atoms with van der Waals surface area (Å²) >= 11 is 1.81. The van der Waals surface area contributed by atoms with Crippen molar-refractivity contribution in [1.29, 1.82) is 0 Å². The van der Waals surface area contributed by atoms with Crippen LogP contribution >= 0.6 is 11.3 Å². The van der Waals surface area contributed by atoms with E-state index in [9.17, 15) is 0 Å². The molecule has 2 nitrogen and oxygen atoms in total. The molecule has 0 aromatic carbocycles. The van der Waals surface area contributed by atoms with Gasteiger partial charge in [-0.25, -0.2) is 0 Å². The van der Waals surface area contributed by atoms with Crippen molar-refractivity contribution in [3.05, 3.63) is 21.9 Å². The van der Waals surface area contributed by atoms with Crippen molar-refractivity contribution in [1.82, 2.24) is 5.32 Å². The molecule has 0 fully saturated rings. The number of aryl methyl sites for hydroxylation is 1. The lowest BCUT2D eigenvalue weighted by atomic mass is 10.2. The van der Waals surface area contributed by atoms with Crippen LogP contribution in [-0.2, 0) is 4.74 Å². The molecule has 0 unspecified atom stereocenters. The lowest BCUT2D eigenvalue weighted by molar-refractivity contribution is 0.168. The predicted molar refractivity (Wildman–Crippen MR) is 61.9 cm³/mol. The highest BCUT2D eigenvalue weighted by Crippen LogP contribution is 2.23. The number of methoxy groups -OCH3 is 1. The van der Waals surface area contributed by atoms with Crippen LogP contribution in [0.25, 0.3) is 0 Å². The van der Waals surface area contributed by atoms with Gasteiger partial charge in [0.1, 0.15) is 0 Å². The van der Waals surface area contributed by atoms with E-state index in [2.05, 4.69) is 37.5 Å². The Morgan fingerprint density at radius 3 is 2.71 bits per heavy atom. The molecule has 1 aromatic rings. The molecule has 0 spiro atoms. The van der Waals surface area contributed by atoms with Crippen LogP contribution in [-0.4, -0.2) is 19.8 Å². The van der Waals surface area contributed by atoms with E-state index in [0.29, 0.717) is 12.1 Å². The molecule has 0 aliphatic heterocycles. The molecule has 0 amide bonds. The van der Waals surface area contributed by atoms with Crippen LogP contribution in [0.4, 0.5) is 0 Å². The highest BCUT2D eigenvalue weighted by atomic mass is 32.1. The molecule has 1 heterocycles. The van der Waals surface area contributed by atoms with Crippen LogP contribution in [0.1, 0.15) is 30.3 Å². The van der Waals surface area contributed by atoms with Gasteiger partial charge in [-0.2, -0.15) is 0 Å². The number of hydrogen-bond donors (Lipinski definition) is 1. The third-order valence-corrected chi connectivity index (χ3v) is 3.45. The summed E-state index contributed by atoms with van der Waals surface area (Å²) in [5.41, 5.74) is 1.37. The fourth-order valence-corrected chi connectivity index (χ4v) is 2.57. The van der Waals surface area contributed by atoms with Gasteiger partial charge in [-0.3, -0.25) is 0 Å². The topological polar surface area (TPSA) is 21.3 Å². The van der Waals surface area contributed by atoms with Crippen LogP contribution in [0.5, 0.6) is 0 Å². The van der Waals surface area contributed by atoms with Crippen LogP contribution in [0, 0.1) is 6.92 Å². The minimum atomic E-state index is 0.400. The van der Waals surface area contributed by atoms with E-state index < -0.39 is 0 Å². The van der Waals surface area contributed by atoms with Crippen LogP contribution in [0.15, 0.2) is 11.4 Å². The maximum absolute atomic E-state index is 5.09. The SMILES string of the molecule is COC[C@H](C)N[C@@H](C)c1sccc1C. The van der Waals surface area contributed by atoms with Gasteiger partial charge < -0.3 is 10.1 Å². The molecule has 0 aliphatic rings. The molecule has 1 N–H and O–H groups in total. The summed E-state index contributed by atoms with van der Waals surface area (Å²) in [6, 6.07) is 2.98. The Balaban J connectivity index is 2.50. The van der Waals surface area contributed by atoms with E-state index in [1.807, 2.05) is 11.3 Å². The van der Waals surface area contributed by atoms with Gasteiger partial charge in [0.05, 0.1) is 6.61 Å². The highest BCUT2D eigenvalue weighted by molar-refractivity contribution is 7.10. The first kappa shape index (κ1) is 11.7. The number of thiophene rings is 1. The van der Waals surface area contributed by atoms with E-state index in [4.69, 9.17) is 4.74 Å². The second-order valence-electron chi connectivity index (χ2n) is 3.71. The summed E-state index contributed by atoms with van der Waals surface area (Å²) in [5, 5.41) is 5.65. The summed E-state index contributed by atoms with van der Waals surface area (Å²) in [4.78, 5) is 1.42. The van der Waals surface area contributed by atoms with Crippen molar-refractivity contribution in [3.63, 3.8) is 0 Å². The van der Waals surface area contributed by atoms with Crippen LogP contribution < -0.4 is 5.32 Å². The third-order valence-electron chi connectivity index (χ3n) is 2.25. The molecule has 3 heteroatoms. The molecule has 0 radical (unpaired) electrons. The van der Waals surface area contributed by atoms with Crippen LogP contribution in [0.2, 0.25) is 0 Å². The zero-order valence-electron chi connectivity index (χ0n) is 9.33. The molecular weight excluding hydrogens is 194 g/mol. The maximum Gasteiger partial charge on any atom is 0.0613 e. The monoisotopic (exact) mass is 213 g/mol. The van der Waals surface area contributed by atoms with Gasteiger partial charge in [0.2, 0.25) is 0 Å². The van der Waals surface area contributed by atoms with Crippen molar-refractivity contribution in [2.24, 2.45) is 0 Å². The van der Waals surface area contributed by atoms with E-state index in [-0.39, 0.29) is 0 Å². The summed E-state index contributed by atoms with van der Waals surface area (Å²) < 4.78 is 5.09. The molecule has 0 saturated carbocycles. The molecule has 1 rings (SSSR count). The Morgan fingerprint density at radius 1 is 1.50 bits per heavy atom. The lowest BCUT2D eigenvalue weighted by Crippen LogP contribution is -2.32. The molecular formula is C11H19NOS. The lowest BCUT2D eigenvalue weighted by Gasteiger charge is -2.19. The fourth-order valence-electron chi connectivity index (χ4n) is 1.63. The van der Waals surface area contributed by atoms with Gasteiger partial charge in [0.15, 0.2) is 0 Å². The van der Waals surface area contributed by atoms with Gasteiger partial charge in [-0.15, -0.1) is 11.3 Å². The zero-order chi connectivity index (χ0) is 10.6. The molecule has 0 saturated heterocycles. The normalized spacial score (nSPS) is 15.4. The summed E-state index contributed by atoms with van der Waals surface area (Å²) in [5.74, 6) is 0. The second-order valence-corrected chi connectivity index (χ2v) is 4.66. The van der Waals surface area contributed by atoms with E-state index in [0.717, 1.165) is 6.61 Å². The van der Waals surface area contributed by atoms with Crippen LogP contribution in [0.3, 0.4) is 0 Å². The Bertz CT molecular complexity index is 272. The summed E-state index contributed by atoms with van der Waals surface area (Å²) in [7, 11) is 1.74. The average molecular weight is 213 g/mol.